The number of benzene rings is 2. The van der Waals surface area contributed by atoms with Gasteiger partial charge in [-0.15, -0.1) is 0 Å². The highest BCUT2D eigenvalue weighted by atomic mass is 19.1. The van der Waals surface area contributed by atoms with Crippen LogP contribution < -0.4 is 9.47 Å². The Kier molecular flexibility index (Phi) is 5.24. The highest BCUT2D eigenvalue weighted by Crippen LogP contribution is 2.42. The van der Waals surface area contributed by atoms with E-state index in [2.05, 4.69) is 0 Å². The standard InChI is InChI=1S/C23H23FNO5/c1-23(2)11-18-20(8-14(13-26)9-21(18)30-23)29-15-4-5-17(19(24)10-15)22(27)25-7-6-16(12-25)28-3/h4-5,8-10,16H,6-7,11-12H2,1-3H3/t16-/m0/s1. The van der Waals surface area contributed by atoms with Crippen LogP contribution in [0.1, 0.15) is 41.8 Å². The second-order valence-electron chi connectivity index (χ2n) is 8.23. The third-order valence-electron chi connectivity index (χ3n) is 5.44. The second kappa shape index (κ2) is 7.72. The summed E-state index contributed by atoms with van der Waals surface area (Å²) in [5.74, 6) is 0.175. The Hall–Kier alpha value is -2.93. The van der Waals surface area contributed by atoms with E-state index in [1.165, 1.54) is 12.1 Å². The molecule has 30 heavy (non-hydrogen) atoms. The van der Waals surface area contributed by atoms with Crippen LogP contribution in [0.4, 0.5) is 4.39 Å². The topological polar surface area (TPSA) is 65.1 Å². The van der Waals surface area contributed by atoms with Crippen LogP contribution in [-0.4, -0.2) is 49.0 Å². The van der Waals surface area contributed by atoms with Crippen molar-refractivity contribution < 1.29 is 28.2 Å². The monoisotopic (exact) mass is 412 g/mol. The van der Waals surface area contributed by atoms with Gasteiger partial charge in [-0.2, -0.15) is 0 Å². The maximum atomic E-state index is 14.7. The molecule has 0 aromatic heterocycles. The molecule has 2 aliphatic rings. The van der Waals surface area contributed by atoms with E-state index in [0.29, 0.717) is 31.0 Å². The van der Waals surface area contributed by atoms with Crippen molar-refractivity contribution in [1.82, 2.24) is 4.90 Å². The molecule has 157 valence electrons. The molecule has 0 N–H and O–H groups in total. The summed E-state index contributed by atoms with van der Waals surface area (Å²) in [4.78, 5) is 25.4. The van der Waals surface area contributed by atoms with Crippen LogP contribution in [0.5, 0.6) is 17.2 Å². The largest absolute Gasteiger partial charge is 0.487 e. The van der Waals surface area contributed by atoms with Gasteiger partial charge in [0.05, 0.1) is 11.7 Å². The van der Waals surface area contributed by atoms with Crippen molar-refractivity contribution in [3.05, 3.63) is 52.8 Å². The number of nitrogens with zero attached hydrogens (tertiary/aromatic N) is 1. The zero-order valence-electron chi connectivity index (χ0n) is 17.2. The van der Waals surface area contributed by atoms with Crippen molar-refractivity contribution in [2.75, 3.05) is 20.2 Å². The van der Waals surface area contributed by atoms with Gasteiger partial charge >= 0.3 is 0 Å². The fraction of sp³-hybridized carbons (Fsp3) is 0.391. The van der Waals surface area contributed by atoms with E-state index < -0.39 is 11.4 Å². The van der Waals surface area contributed by atoms with Crippen LogP contribution in [0, 0.1) is 5.82 Å². The fourth-order valence-corrected chi connectivity index (χ4v) is 3.93. The molecule has 1 fully saturated rings. The summed E-state index contributed by atoms with van der Waals surface area (Å²) in [5.41, 5.74) is 0.653. The first-order chi connectivity index (χ1) is 14.3. The van der Waals surface area contributed by atoms with Crippen LogP contribution >= 0.6 is 0 Å². The quantitative estimate of drug-likeness (QED) is 0.750. The van der Waals surface area contributed by atoms with Gasteiger partial charge in [0.15, 0.2) is 0 Å². The summed E-state index contributed by atoms with van der Waals surface area (Å²) in [5, 5.41) is 0. The lowest BCUT2D eigenvalue weighted by Crippen LogP contribution is -2.30. The molecular formula is C23H23FNO5. The Morgan fingerprint density at radius 2 is 2.10 bits per heavy atom. The molecule has 4 rings (SSSR count). The van der Waals surface area contributed by atoms with Crippen LogP contribution in [0.3, 0.4) is 0 Å². The number of rotatable bonds is 5. The number of methoxy groups -OCH3 is 1. The Balaban J connectivity index is 1.57. The molecule has 6 nitrogen and oxygen atoms in total. The Morgan fingerprint density at radius 1 is 1.30 bits per heavy atom. The third kappa shape index (κ3) is 3.89. The zero-order valence-corrected chi connectivity index (χ0v) is 17.2. The molecule has 0 saturated carbocycles. The lowest BCUT2D eigenvalue weighted by atomic mass is 10.00. The predicted octanol–water partition coefficient (Wildman–Crippen LogP) is 3.65. The fourth-order valence-electron chi connectivity index (χ4n) is 3.93. The molecule has 2 aliphatic heterocycles. The molecule has 1 saturated heterocycles. The van der Waals surface area contributed by atoms with Crippen LogP contribution in [0.15, 0.2) is 30.3 Å². The summed E-state index contributed by atoms with van der Waals surface area (Å²) in [6.45, 7) is 4.86. The minimum Gasteiger partial charge on any atom is -0.487 e. The Morgan fingerprint density at radius 3 is 2.77 bits per heavy atom. The van der Waals surface area contributed by atoms with Crippen LogP contribution in [0.2, 0.25) is 0 Å². The maximum Gasteiger partial charge on any atom is 0.256 e. The van der Waals surface area contributed by atoms with Gasteiger partial charge in [0.25, 0.3) is 5.91 Å². The van der Waals surface area contributed by atoms with Crippen molar-refractivity contribution in [1.29, 1.82) is 0 Å². The van der Waals surface area contributed by atoms with Crippen molar-refractivity contribution in [3.8, 4) is 17.2 Å². The normalized spacial score (nSPS) is 19.3. The van der Waals surface area contributed by atoms with Crippen molar-refractivity contribution in [2.45, 2.75) is 38.4 Å². The number of hydrogen-bond donors (Lipinski definition) is 0. The molecule has 7 heteroatoms. The average Bonchev–Trinajstić information content (AvgIpc) is 3.30. The van der Waals surface area contributed by atoms with Crippen LogP contribution in [-0.2, 0) is 16.0 Å². The lowest BCUT2D eigenvalue weighted by Gasteiger charge is -2.17. The smallest absolute Gasteiger partial charge is 0.256 e. The van der Waals surface area contributed by atoms with E-state index in [9.17, 15) is 14.0 Å². The third-order valence-corrected chi connectivity index (χ3v) is 5.44. The number of likely N-dealkylation sites (tertiary alicyclic amines) is 1. The summed E-state index contributed by atoms with van der Waals surface area (Å²) in [6, 6.07) is 7.33. The van der Waals surface area contributed by atoms with Gasteiger partial charge in [0.1, 0.15) is 28.7 Å². The van der Waals surface area contributed by atoms with E-state index in [1.807, 2.05) is 20.1 Å². The number of carbonyl (C=O) groups is 1. The molecule has 1 radical (unpaired) electrons. The van der Waals surface area contributed by atoms with Crippen molar-refractivity contribution in [3.63, 3.8) is 0 Å². The maximum absolute atomic E-state index is 14.7. The number of ether oxygens (including phenoxy) is 3. The van der Waals surface area contributed by atoms with E-state index in [4.69, 9.17) is 14.2 Å². The molecule has 2 heterocycles. The molecule has 0 aliphatic carbocycles. The van der Waals surface area contributed by atoms with Gasteiger partial charge in [-0.05, 0) is 44.5 Å². The first kappa shape index (κ1) is 20.3. The molecule has 1 atom stereocenters. The van der Waals surface area contributed by atoms with Gasteiger partial charge in [0.2, 0.25) is 6.29 Å². The predicted molar refractivity (Wildman–Crippen MR) is 107 cm³/mol. The van der Waals surface area contributed by atoms with Crippen LogP contribution in [0.25, 0.3) is 0 Å². The van der Waals surface area contributed by atoms with Crippen molar-refractivity contribution in [2.24, 2.45) is 0 Å². The lowest BCUT2D eigenvalue weighted by molar-refractivity contribution is 0.0720. The zero-order chi connectivity index (χ0) is 21.5. The molecule has 0 unspecified atom stereocenters. The van der Waals surface area contributed by atoms with Gasteiger partial charge in [-0.3, -0.25) is 9.59 Å². The summed E-state index contributed by atoms with van der Waals surface area (Å²) in [7, 11) is 1.60. The minimum absolute atomic E-state index is 0.0104. The number of fused-ring (bicyclic) bond motifs is 1. The average molecular weight is 412 g/mol. The number of hydrogen-bond acceptors (Lipinski definition) is 5. The number of carbonyl (C=O) groups excluding carboxylic acids is 2. The van der Waals surface area contributed by atoms with Gasteiger partial charge in [-0.1, -0.05) is 0 Å². The van der Waals surface area contributed by atoms with E-state index in [-0.39, 0.29) is 28.9 Å². The first-order valence-corrected chi connectivity index (χ1v) is 9.83. The molecule has 2 aromatic carbocycles. The highest BCUT2D eigenvalue weighted by Gasteiger charge is 2.33. The number of amides is 1. The Labute approximate surface area is 174 Å². The van der Waals surface area contributed by atoms with Gasteiger partial charge in [0, 0.05) is 43.8 Å². The Bertz CT molecular complexity index is 1000. The van der Waals surface area contributed by atoms with E-state index >= 15 is 0 Å². The highest BCUT2D eigenvalue weighted by molar-refractivity contribution is 5.94. The molecule has 1 amide bonds. The van der Waals surface area contributed by atoms with Crippen molar-refractivity contribution >= 4 is 12.2 Å². The van der Waals surface area contributed by atoms with E-state index in [1.54, 1.807) is 30.2 Å². The molecule has 0 spiro atoms. The molecule has 0 bridgehead atoms. The van der Waals surface area contributed by atoms with Gasteiger partial charge in [-0.25, -0.2) is 4.39 Å². The minimum atomic E-state index is -0.662. The molecular weight excluding hydrogens is 389 g/mol. The summed E-state index contributed by atoms with van der Waals surface area (Å²) < 4.78 is 31.8. The first-order valence-electron chi connectivity index (χ1n) is 9.83. The van der Waals surface area contributed by atoms with E-state index in [0.717, 1.165) is 12.0 Å². The molecule has 2 aromatic rings. The second-order valence-corrected chi connectivity index (χ2v) is 8.23. The SMILES string of the molecule is CO[C@H]1CCN(C(=O)c2ccc(Oc3cc([C]=O)cc4c3CC(C)(C)O4)cc2F)C1. The number of halogens is 1. The summed E-state index contributed by atoms with van der Waals surface area (Å²) in [6.07, 6.45) is 3.15. The van der Waals surface area contributed by atoms with Gasteiger partial charge < -0.3 is 19.1 Å². The summed E-state index contributed by atoms with van der Waals surface area (Å²) >= 11 is 0.